The van der Waals surface area contributed by atoms with Crippen LogP contribution in [0.3, 0.4) is 0 Å². The Balaban J connectivity index is 1.45. The predicted octanol–water partition coefficient (Wildman–Crippen LogP) is 3.96. The highest BCUT2D eigenvalue weighted by molar-refractivity contribution is 5.78. The summed E-state index contributed by atoms with van der Waals surface area (Å²) in [6.45, 7) is 13.7. The zero-order chi connectivity index (χ0) is 21.2. The molecule has 0 bridgehead atoms. The lowest BCUT2D eigenvalue weighted by atomic mass is 9.71. The van der Waals surface area contributed by atoms with Crippen LogP contribution in [0, 0.1) is 23.2 Å². The van der Waals surface area contributed by atoms with E-state index in [9.17, 15) is 13.6 Å². The molecule has 0 aromatic rings. The molecule has 0 N–H and O–H groups in total. The SMILES string of the molecule is CC(C)CN1CCC(CN2CCC3(CC2)CCN(C(=O)C(C)C)CC3)C(F)(F)C1. The smallest absolute Gasteiger partial charge is 0.264 e. The summed E-state index contributed by atoms with van der Waals surface area (Å²) in [6, 6.07) is 0. The van der Waals surface area contributed by atoms with Crippen LogP contribution in [-0.4, -0.2) is 78.9 Å². The van der Waals surface area contributed by atoms with Crippen molar-refractivity contribution in [1.82, 2.24) is 14.7 Å². The van der Waals surface area contributed by atoms with E-state index in [1.165, 1.54) is 0 Å². The number of piperidine rings is 3. The summed E-state index contributed by atoms with van der Waals surface area (Å²) in [4.78, 5) is 18.5. The fourth-order valence-corrected chi connectivity index (χ4v) is 5.54. The maximum Gasteiger partial charge on any atom is 0.264 e. The Labute approximate surface area is 176 Å². The number of rotatable bonds is 5. The topological polar surface area (TPSA) is 26.8 Å². The van der Waals surface area contributed by atoms with E-state index >= 15 is 0 Å². The van der Waals surface area contributed by atoms with Crippen LogP contribution in [-0.2, 0) is 4.79 Å². The van der Waals surface area contributed by atoms with Crippen molar-refractivity contribution in [3.05, 3.63) is 0 Å². The molecule has 3 heterocycles. The molecule has 3 saturated heterocycles. The lowest BCUT2D eigenvalue weighted by Crippen LogP contribution is -2.54. The summed E-state index contributed by atoms with van der Waals surface area (Å²) >= 11 is 0. The van der Waals surface area contributed by atoms with Crippen LogP contribution in [0.25, 0.3) is 0 Å². The zero-order valence-electron chi connectivity index (χ0n) is 18.9. The van der Waals surface area contributed by atoms with Crippen LogP contribution in [0.2, 0.25) is 0 Å². The molecule has 168 valence electrons. The van der Waals surface area contributed by atoms with Gasteiger partial charge in [-0.25, -0.2) is 8.78 Å². The number of likely N-dealkylation sites (tertiary alicyclic amines) is 3. The number of alkyl halides is 2. The van der Waals surface area contributed by atoms with Crippen molar-refractivity contribution < 1.29 is 13.6 Å². The number of hydrogen-bond donors (Lipinski definition) is 0. The van der Waals surface area contributed by atoms with Gasteiger partial charge in [-0.05, 0) is 63.1 Å². The first kappa shape index (κ1) is 22.9. The molecule has 4 nitrogen and oxygen atoms in total. The van der Waals surface area contributed by atoms with E-state index in [1.54, 1.807) is 0 Å². The third-order valence-electron chi connectivity index (χ3n) is 7.47. The molecule has 1 amide bonds. The summed E-state index contributed by atoms with van der Waals surface area (Å²) in [7, 11) is 0. The van der Waals surface area contributed by atoms with Crippen molar-refractivity contribution in [2.24, 2.45) is 23.2 Å². The van der Waals surface area contributed by atoms with E-state index in [-0.39, 0.29) is 18.4 Å². The van der Waals surface area contributed by atoms with Gasteiger partial charge in [-0.2, -0.15) is 0 Å². The van der Waals surface area contributed by atoms with Crippen molar-refractivity contribution in [2.75, 3.05) is 52.4 Å². The van der Waals surface area contributed by atoms with Crippen LogP contribution >= 0.6 is 0 Å². The molecular weight excluding hydrogens is 372 g/mol. The molecule has 3 aliphatic heterocycles. The van der Waals surface area contributed by atoms with Crippen molar-refractivity contribution in [2.45, 2.75) is 65.7 Å². The standard InChI is InChI=1S/C23H41F2N3O/c1-18(2)15-27-10-5-20(23(24,25)17-27)16-26-11-6-22(7-12-26)8-13-28(14-9-22)21(29)19(3)4/h18-20H,5-17H2,1-4H3. The minimum atomic E-state index is -2.58. The fraction of sp³-hybridized carbons (Fsp3) is 0.957. The first-order valence-electron chi connectivity index (χ1n) is 11.7. The number of carbonyl (C=O) groups is 1. The van der Waals surface area contributed by atoms with Crippen LogP contribution in [0.1, 0.15) is 59.8 Å². The van der Waals surface area contributed by atoms with Gasteiger partial charge in [-0.15, -0.1) is 0 Å². The Bertz CT molecular complexity index is 548. The van der Waals surface area contributed by atoms with E-state index in [0.29, 0.717) is 24.3 Å². The summed E-state index contributed by atoms with van der Waals surface area (Å²) in [5, 5.41) is 0. The van der Waals surface area contributed by atoms with Gasteiger partial charge in [0.2, 0.25) is 5.91 Å². The summed E-state index contributed by atoms with van der Waals surface area (Å²) in [6.07, 6.45) is 4.93. The average molecular weight is 414 g/mol. The molecule has 0 aromatic carbocycles. The van der Waals surface area contributed by atoms with Gasteiger partial charge >= 0.3 is 0 Å². The Morgan fingerprint density at radius 3 is 2.03 bits per heavy atom. The number of carbonyl (C=O) groups excluding carboxylic acids is 1. The summed E-state index contributed by atoms with van der Waals surface area (Å²) in [5.41, 5.74) is 0.327. The first-order valence-corrected chi connectivity index (χ1v) is 11.7. The van der Waals surface area contributed by atoms with E-state index in [2.05, 4.69) is 18.7 Å². The Morgan fingerprint density at radius 1 is 0.931 bits per heavy atom. The Hall–Kier alpha value is -0.750. The summed E-state index contributed by atoms with van der Waals surface area (Å²) < 4.78 is 29.5. The molecule has 0 aromatic heterocycles. The molecule has 29 heavy (non-hydrogen) atoms. The van der Waals surface area contributed by atoms with E-state index in [0.717, 1.165) is 65.0 Å². The number of hydrogen-bond acceptors (Lipinski definition) is 3. The second-order valence-corrected chi connectivity index (χ2v) is 10.7. The van der Waals surface area contributed by atoms with Gasteiger partial charge < -0.3 is 9.80 Å². The predicted molar refractivity (Wildman–Crippen MR) is 113 cm³/mol. The Kier molecular flexibility index (Phi) is 7.25. The monoisotopic (exact) mass is 413 g/mol. The van der Waals surface area contributed by atoms with Crippen LogP contribution in [0.15, 0.2) is 0 Å². The van der Waals surface area contributed by atoms with Gasteiger partial charge in [-0.1, -0.05) is 27.7 Å². The maximum absolute atomic E-state index is 14.8. The number of amides is 1. The molecule has 1 atom stereocenters. The minimum absolute atomic E-state index is 0.0690. The van der Waals surface area contributed by atoms with Gasteiger partial charge in [0.15, 0.2) is 0 Å². The molecule has 0 saturated carbocycles. The van der Waals surface area contributed by atoms with E-state index in [4.69, 9.17) is 0 Å². The molecule has 3 aliphatic rings. The van der Waals surface area contributed by atoms with Crippen molar-refractivity contribution in [3.63, 3.8) is 0 Å². The third kappa shape index (κ3) is 5.69. The lowest BCUT2D eigenvalue weighted by molar-refractivity contribution is -0.137. The number of nitrogens with zero attached hydrogens (tertiary/aromatic N) is 3. The van der Waals surface area contributed by atoms with Crippen molar-refractivity contribution in [3.8, 4) is 0 Å². The van der Waals surface area contributed by atoms with E-state index in [1.807, 2.05) is 23.6 Å². The molecule has 1 unspecified atom stereocenters. The van der Waals surface area contributed by atoms with Crippen LogP contribution in [0.4, 0.5) is 8.78 Å². The highest BCUT2D eigenvalue weighted by Crippen LogP contribution is 2.42. The quantitative estimate of drug-likeness (QED) is 0.683. The summed E-state index contributed by atoms with van der Waals surface area (Å²) in [5.74, 6) is -2.32. The van der Waals surface area contributed by atoms with Gasteiger partial charge in [-0.3, -0.25) is 9.69 Å². The molecule has 3 fully saturated rings. The minimum Gasteiger partial charge on any atom is -0.342 e. The molecule has 0 radical (unpaired) electrons. The number of halogens is 2. The molecule has 0 aliphatic carbocycles. The van der Waals surface area contributed by atoms with Gasteiger partial charge in [0, 0.05) is 38.0 Å². The third-order valence-corrected chi connectivity index (χ3v) is 7.47. The first-order chi connectivity index (χ1) is 13.6. The van der Waals surface area contributed by atoms with Crippen LogP contribution < -0.4 is 0 Å². The molecule has 3 rings (SSSR count). The normalized spacial score (nSPS) is 28.4. The highest BCUT2D eigenvalue weighted by Gasteiger charge is 2.46. The van der Waals surface area contributed by atoms with Gasteiger partial charge in [0.1, 0.15) is 0 Å². The highest BCUT2D eigenvalue weighted by atomic mass is 19.3. The molecular formula is C23H41F2N3O. The second-order valence-electron chi connectivity index (χ2n) is 10.7. The maximum atomic E-state index is 14.8. The largest absolute Gasteiger partial charge is 0.342 e. The van der Waals surface area contributed by atoms with Crippen molar-refractivity contribution >= 4 is 5.91 Å². The second kappa shape index (κ2) is 9.17. The van der Waals surface area contributed by atoms with Crippen molar-refractivity contribution in [1.29, 1.82) is 0 Å². The lowest BCUT2D eigenvalue weighted by Gasteiger charge is -2.48. The fourth-order valence-electron chi connectivity index (χ4n) is 5.54. The zero-order valence-corrected chi connectivity index (χ0v) is 18.9. The Morgan fingerprint density at radius 2 is 1.52 bits per heavy atom. The van der Waals surface area contributed by atoms with Crippen LogP contribution in [0.5, 0.6) is 0 Å². The molecule has 6 heteroatoms. The molecule has 1 spiro atoms. The van der Waals surface area contributed by atoms with Gasteiger partial charge in [0.25, 0.3) is 5.92 Å². The van der Waals surface area contributed by atoms with E-state index < -0.39 is 11.8 Å². The average Bonchev–Trinajstić information content (AvgIpc) is 2.65. The van der Waals surface area contributed by atoms with Gasteiger partial charge in [0.05, 0.1) is 6.54 Å².